The minimum absolute atomic E-state index is 0.0303. The van der Waals surface area contributed by atoms with E-state index < -0.39 is 11.6 Å². The number of carbonyl (C=O) groups excluding carboxylic acids is 5. The van der Waals surface area contributed by atoms with Crippen molar-refractivity contribution in [3.63, 3.8) is 0 Å². The van der Waals surface area contributed by atoms with Crippen molar-refractivity contribution in [2.45, 2.75) is 13.3 Å². The van der Waals surface area contributed by atoms with Crippen LogP contribution in [-0.2, 0) is 9.53 Å². The molecule has 0 saturated carbocycles. The fourth-order valence-corrected chi connectivity index (χ4v) is 3.88. The van der Waals surface area contributed by atoms with E-state index in [1.807, 2.05) is 0 Å². The number of benzene rings is 2. The van der Waals surface area contributed by atoms with Gasteiger partial charge in [-0.25, -0.2) is 4.99 Å². The van der Waals surface area contributed by atoms with Crippen molar-refractivity contribution in [1.82, 2.24) is 0 Å². The molecule has 0 aromatic heterocycles. The number of ether oxygens (including phenoxy) is 1. The number of hydrogen-bond acceptors (Lipinski definition) is 7. The number of allylic oxidation sites excluding steroid dienone is 6. The van der Waals surface area contributed by atoms with E-state index in [0.717, 1.165) is 0 Å². The lowest BCUT2D eigenvalue weighted by atomic mass is 10.1. The molecule has 35 heavy (non-hydrogen) atoms. The number of amides is 1. The van der Waals surface area contributed by atoms with Crippen molar-refractivity contribution in [3.05, 3.63) is 94.1 Å². The van der Waals surface area contributed by atoms with Gasteiger partial charge in [0.15, 0.2) is 29.5 Å². The summed E-state index contributed by atoms with van der Waals surface area (Å²) in [5.41, 5.74) is 2.13. The van der Waals surface area contributed by atoms with Crippen molar-refractivity contribution in [3.8, 4) is 0 Å². The highest BCUT2D eigenvalue weighted by Gasteiger charge is 2.34. The molecule has 0 unspecified atom stereocenters. The highest BCUT2D eigenvalue weighted by atomic mass is 16.5. The van der Waals surface area contributed by atoms with E-state index in [1.165, 1.54) is 50.8 Å². The summed E-state index contributed by atoms with van der Waals surface area (Å²) >= 11 is 0. The molecule has 8 heteroatoms. The van der Waals surface area contributed by atoms with Gasteiger partial charge in [0.1, 0.15) is 0 Å². The first-order valence-electron chi connectivity index (χ1n) is 10.7. The number of nitrogens with zero attached hydrogens (tertiary/aromatic N) is 1. The average molecular weight is 468 g/mol. The second kappa shape index (κ2) is 9.64. The van der Waals surface area contributed by atoms with Gasteiger partial charge in [-0.2, -0.15) is 0 Å². The maximum Gasteiger partial charge on any atom is 0.221 e. The van der Waals surface area contributed by atoms with Crippen LogP contribution in [0.4, 0.5) is 11.4 Å². The topological polar surface area (TPSA) is 119 Å². The molecular formula is C27H20N2O6. The van der Waals surface area contributed by atoms with Crippen molar-refractivity contribution >= 4 is 46.8 Å². The summed E-state index contributed by atoms with van der Waals surface area (Å²) in [5.74, 6) is -1.84. The Labute approximate surface area is 200 Å². The van der Waals surface area contributed by atoms with Crippen LogP contribution in [0, 0.1) is 0 Å². The van der Waals surface area contributed by atoms with Crippen LogP contribution in [0.2, 0.25) is 0 Å². The predicted octanol–water partition coefficient (Wildman–Crippen LogP) is 4.21. The minimum Gasteiger partial charge on any atom is -0.486 e. The van der Waals surface area contributed by atoms with Crippen LogP contribution in [0.1, 0.15) is 54.8 Å². The third-order valence-electron chi connectivity index (χ3n) is 5.46. The normalized spacial score (nSPS) is 17.2. The monoisotopic (exact) mass is 468 g/mol. The van der Waals surface area contributed by atoms with E-state index in [-0.39, 0.29) is 51.7 Å². The molecule has 0 bridgehead atoms. The highest BCUT2D eigenvalue weighted by Crippen LogP contribution is 2.31. The standard InChI is InChI=1S/C27H20N2O6/c1-15(30)29-17-9-11-19-23(13-17)27(34)21(25(19)32)7-5-3-4-6-20-24(31)18-10-8-16(28-14-35-2)12-22(18)26(20)33/h3-4,6-14H,5H2,1-2H3,(H,29,30). The van der Waals surface area contributed by atoms with Crippen LogP contribution in [-0.4, -0.2) is 42.6 Å². The Kier molecular flexibility index (Phi) is 6.46. The Morgan fingerprint density at radius 2 is 1.51 bits per heavy atom. The molecule has 2 aromatic carbocycles. The van der Waals surface area contributed by atoms with Gasteiger partial charge in [0.2, 0.25) is 5.91 Å². The van der Waals surface area contributed by atoms with Crippen molar-refractivity contribution in [2.24, 2.45) is 4.99 Å². The number of anilines is 1. The number of ketones is 4. The summed E-state index contributed by atoms with van der Waals surface area (Å²) in [7, 11) is 1.45. The number of hydrogen-bond donors (Lipinski definition) is 1. The number of carbonyl (C=O) groups is 5. The van der Waals surface area contributed by atoms with Gasteiger partial charge >= 0.3 is 0 Å². The number of fused-ring (bicyclic) bond motifs is 2. The van der Waals surface area contributed by atoms with Gasteiger partial charge in [-0.05, 0) is 48.9 Å². The number of rotatable bonds is 6. The summed E-state index contributed by atoms with van der Waals surface area (Å²) in [6.07, 6.45) is 7.60. The molecule has 1 amide bonds. The Hall–Kier alpha value is -4.72. The fourth-order valence-electron chi connectivity index (χ4n) is 3.88. The molecule has 0 saturated heterocycles. The summed E-state index contributed by atoms with van der Waals surface area (Å²) in [5, 5.41) is 2.59. The van der Waals surface area contributed by atoms with Crippen molar-refractivity contribution in [2.75, 3.05) is 12.4 Å². The first-order valence-corrected chi connectivity index (χ1v) is 10.7. The van der Waals surface area contributed by atoms with Gasteiger partial charge in [-0.15, -0.1) is 0 Å². The van der Waals surface area contributed by atoms with Crippen LogP contribution in [0.5, 0.6) is 0 Å². The van der Waals surface area contributed by atoms with E-state index in [9.17, 15) is 24.0 Å². The molecule has 8 nitrogen and oxygen atoms in total. The van der Waals surface area contributed by atoms with Gasteiger partial charge in [0, 0.05) is 34.9 Å². The van der Waals surface area contributed by atoms with Gasteiger partial charge < -0.3 is 10.1 Å². The maximum absolute atomic E-state index is 12.7. The molecule has 4 rings (SSSR count). The zero-order valence-electron chi connectivity index (χ0n) is 19.0. The van der Waals surface area contributed by atoms with Crippen LogP contribution in [0.3, 0.4) is 0 Å². The lowest BCUT2D eigenvalue weighted by Gasteiger charge is -2.03. The first kappa shape index (κ1) is 23.4. The van der Waals surface area contributed by atoms with Gasteiger partial charge in [0.05, 0.1) is 23.9 Å². The molecule has 0 fully saturated rings. The fraction of sp³-hybridized carbons (Fsp3) is 0.111. The number of Topliss-reactive ketones (excluding diaryl/α,β-unsaturated/α-hetero) is 4. The highest BCUT2D eigenvalue weighted by molar-refractivity contribution is 6.40. The van der Waals surface area contributed by atoms with Crippen LogP contribution in [0.25, 0.3) is 0 Å². The van der Waals surface area contributed by atoms with E-state index in [0.29, 0.717) is 16.9 Å². The maximum atomic E-state index is 12.7. The lowest BCUT2D eigenvalue weighted by Crippen LogP contribution is -2.06. The molecule has 0 spiro atoms. The second-order valence-electron chi connectivity index (χ2n) is 7.82. The molecule has 2 aliphatic carbocycles. The second-order valence-corrected chi connectivity index (χ2v) is 7.82. The average Bonchev–Trinajstić information content (AvgIpc) is 3.21. The van der Waals surface area contributed by atoms with Crippen molar-refractivity contribution in [1.29, 1.82) is 0 Å². The Bertz CT molecular complexity index is 1430. The third kappa shape index (κ3) is 4.54. The van der Waals surface area contributed by atoms with Crippen LogP contribution < -0.4 is 5.32 Å². The summed E-state index contributed by atoms with van der Waals surface area (Å²) in [6, 6.07) is 9.28. The van der Waals surface area contributed by atoms with Crippen LogP contribution >= 0.6 is 0 Å². The summed E-state index contributed by atoms with van der Waals surface area (Å²) < 4.78 is 4.77. The zero-order chi connectivity index (χ0) is 25.1. The number of aliphatic imine (C=N–C) groups is 1. The van der Waals surface area contributed by atoms with E-state index in [4.69, 9.17) is 4.74 Å². The van der Waals surface area contributed by atoms with E-state index in [2.05, 4.69) is 10.3 Å². The first-order chi connectivity index (χ1) is 16.8. The molecule has 0 heterocycles. The minimum atomic E-state index is -0.410. The van der Waals surface area contributed by atoms with Crippen LogP contribution in [0.15, 0.2) is 76.8 Å². The zero-order valence-corrected chi connectivity index (χ0v) is 19.0. The quantitative estimate of drug-likeness (QED) is 0.294. The molecule has 0 radical (unpaired) electrons. The predicted molar refractivity (Wildman–Crippen MR) is 130 cm³/mol. The van der Waals surface area contributed by atoms with Gasteiger partial charge in [-0.3, -0.25) is 24.0 Å². The number of nitrogens with one attached hydrogen (secondary N) is 1. The van der Waals surface area contributed by atoms with Gasteiger partial charge in [0.25, 0.3) is 0 Å². The SMILES string of the molecule is COC=Nc1ccc2c(c1)C(=O)C(=CC=CCC=C1C(=O)c3ccc(NC(C)=O)cc3C1=O)C2=O. The number of methoxy groups -OCH3 is 1. The molecule has 1 N–H and O–H groups in total. The van der Waals surface area contributed by atoms with Crippen molar-refractivity contribution < 1.29 is 28.7 Å². The summed E-state index contributed by atoms with van der Waals surface area (Å²) in [6.45, 7) is 1.35. The van der Waals surface area contributed by atoms with E-state index in [1.54, 1.807) is 30.4 Å². The molecule has 2 aliphatic rings. The Morgan fingerprint density at radius 1 is 0.886 bits per heavy atom. The molecule has 174 valence electrons. The molecule has 2 aromatic rings. The molecule has 0 aliphatic heterocycles. The van der Waals surface area contributed by atoms with Gasteiger partial charge in [-0.1, -0.05) is 18.2 Å². The lowest BCUT2D eigenvalue weighted by molar-refractivity contribution is -0.114. The molecule has 0 atom stereocenters. The summed E-state index contributed by atoms with van der Waals surface area (Å²) in [4.78, 5) is 65.8. The Balaban J connectivity index is 1.47. The van der Waals surface area contributed by atoms with E-state index >= 15 is 0 Å². The molecular weight excluding hydrogens is 448 g/mol. The Morgan fingerprint density at radius 3 is 2.23 bits per heavy atom. The smallest absolute Gasteiger partial charge is 0.221 e. The third-order valence-corrected chi connectivity index (χ3v) is 5.46. The largest absolute Gasteiger partial charge is 0.486 e.